The summed E-state index contributed by atoms with van der Waals surface area (Å²) >= 11 is 1.38. The number of pyridine rings is 1. The van der Waals surface area contributed by atoms with Crippen LogP contribution in [0.25, 0.3) is 11.4 Å². The predicted octanol–water partition coefficient (Wildman–Crippen LogP) is 2.39. The van der Waals surface area contributed by atoms with E-state index in [1.54, 1.807) is 18.5 Å². The molecule has 0 radical (unpaired) electrons. The van der Waals surface area contributed by atoms with Crippen LogP contribution in [0.3, 0.4) is 0 Å². The molecular weight excluding hydrogens is 310 g/mol. The molecule has 0 saturated heterocycles. The van der Waals surface area contributed by atoms with E-state index in [1.807, 2.05) is 16.7 Å². The Hall–Kier alpha value is -2.15. The van der Waals surface area contributed by atoms with Crippen LogP contribution in [0.15, 0.2) is 42.3 Å². The lowest BCUT2D eigenvalue weighted by atomic mass is 10.2. The number of allylic oxidation sites excluding steroid dienone is 1. The maximum Gasteiger partial charge on any atom is 0.230 e. The molecule has 1 amide bonds. The van der Waals surface area contributed by atoms with Gasteiger partial charge in [-0.1, -0.05) is 31.7 Å². The van der Waals surface area contributed by atoms with Crippen LogP contribution < -0.4 is 5.32 Å². The Bertz CT molecular complexity index is 654. The summed E-state index contributed by atoms with van der Waals surface area (Å²) < 4.78 is 1.95. The quantitative estimate of drug-likeness (QED) is 0.594. The van der Waals surface area contributed by atoms with E-state index in [0.717, 1.165) is 11.4 Å². The van der Waals surface area contributed by atoms with Gasteiger partial charge in [0.05, 0.1) is 5.75 Å². The number of thioether (sulfide) groups is 1. The van der Waals surface area contributed by atoms with Gasteiger partial charge in [0.15, 0.2) is 11.0 Å². The molecule has 0 aliphatic heterocycles. The van der Waals surface area contributed by atoms with Crippen LogP contribution in [0.2, 0.25) is 0 Å². The number of nitrogens with zero attached hydrogens (tertiary/aromatic N) is 4. The maximum atomic E-state index is 11.8. The molecule has 2 aromatic rings. The zero-order chi connectivity index (χ0) is 16.7. The van der Waals surface area contributed by atoms with E-state index in [-0.39, 0.29) is 5.91 Å². The van der Waals surface area contributed by atoms with Crippen LogP contribution in [0.4, 0.5) is 0 Å². The molecule has 0 unspecified atom stereocenters. The normalized spacial score (nSPS) is 10.7. The van der Waals surface area contributed by atoms with Gasteiger partial charge in [-0.25, -0.2) is 0 Å². The molecule has 0 fully saturated rings. The molecule has 1 N–H and O–H groups in total. The first kappa shape index (κ1) is 17.2. The van der Waals surface area contributed by atoms with Gasteiger partial charge in [0.25, 0.3) is 0 Å². The number of aromatic nitrogens is 4. The van der Waals surface area contributed by atoms with Crippen LogP contribution in [-0.2, 0) is 11.3 Å². The van der Waals surface area contributed by atoms with E-state index in [4.69, 9.17) is 0 Å². The standard InChI is InChI=1S/C16H21N5OS/c1-4-9-21-15(13-5-7-17-8-6-13)19-20-16(21)23-11-14(22)18-10-12(2)3/h4-8,12H,1,9-11H2,2-3H3,(H,18,22). The maximum absolute atomic E-state index is 11.8. The molecule has 0 saturated carbocycles. The molecule has 0 aromatic carbocycles. The van der Waals surface area contributed by atoms with Crippen LogP contribution in [-0.4, -0.2) is 38.0 Å². The summed E-state index contributed by atoms with van der Waals surface area (Å²) in [5.74, 6) is 1.50. The average Bonchev–Trinajstić information content (AvgIpc) is 2.95. The van der Waals surface area contributed by atoms with Crippen LogP contribution in [0, 0.1) is 5.92 Å². The molecule has 0 spiro atoms. The highest BCUT2D eigenvalue weighted by Crippen LogP contribution is 2.23. The van der Waals surface area contributed by atoms with Crippen molar-refractivity contribution in [3.63, 3.8) is 0 Å². The number of hydrogen-bond acceptors (Lipinski definition) is 5. The minimum Gasteiger partial charge on any atom is -0.355 e. The van der Waals surface area contributed by atoms with Gasteiger partial charge in [0, 0.05) is 31.0 Å². The Labute approximate surface area is 140 Å². The highest BCUT2D eigenvalue weighted by atomic mass is 32.2. The molecule has 2 heterocycles. The largest absolute Gasteiger partial charge is 0.355 e. The number of carbonyl (C=O) groups is 1. The summed E-state index contributed by atoms with van der Waals surface area (Å²) in [6.07, 6.45) is 5.22. The number of rotatable bonds is 8. The summed E-state index contributed by atoms with van der Waals surface area (Å²) in [5, 5.41) is 12.0. The fraction of sp³-hybridized carbons (Fsp3) is 0.375. The number of amides is 1. The van der Waals surface area contributed by atoms with Crippen molar-refractivity contribution in [2.45, 2.75) is 25.5 Å². The lowest BCUT2D eigenvalue weighted by Gasteiger charge is -2.09. The zero-order valence-electron chi connectivity index (χ0n) is 13.4. The summed E-state index contributed by atoms with van der Waals surface area (Å²) in [5.41, 5.74) is 0.936. The van der Waals surface area contributed by atoms with Gasteiger partial charge in [-0.3, -0.25) is 14.3 Å². The third-order valence-corrected chi connectivity index (χ3v) is 3.97. The van der Waals surface area contributed by atoms with E-state index < -0.39 is 0 Å². The minimum absolute atomic E-state index is 0.00214. The van der Waals surface area contributed by atoms with Crippen LogP contribution in [0.1, 0.15) is 13.8 Å². The molecule has 6 nitrogen and oxygen atoms in total. The van der Waals surface area contributed by atoms with Gasteiger partial charge >= 0.3 is 0 Å². The monoisotopic (exact) mass is 331 g/mol. The van der Waals surface area contributed by atoms with Crippen molar-refractivity contribution in [1.29, 1.82) is 0 Å². The highest BCUT2D eigenvalue weighted by Gasteiger charge is 2.14. The Balaban J connectivity index is 2.09. The molecule has 7 heteroatoms. The second-order valence-electron chi connectivity index (χ2n) is 5.43. The van der Waals surface area contributed by atoms with Crippen molar-refractivity contribution in [2.75, 3.05) is 12.3 Å². The van der Waals surface area contributed by atoms with Gasteiger partial charge in [0.2, 0.25) is 5.91 Å². The van der Waals surface area contributed by atoms with Crippen molar-refractivity contribution < 1.29 is 4.79 Å². The van der Waals surface area contributed by atoms with Crippen LogP contribution >= 0.6 is 11.8 Å². The van der Waals surface area contributed by atoms with E-state index in [2.05, 4.69) is 40.9 Å². The molecule has 0 aliphatic carbocycles. The fourth-order valence-electron chi connectivity index (χ4n) is 1.90. The predicted molar refractivity (Wildman–Crippen MR) is 92.0 cm³/mol. The molecular formula is C16H21N5OS. The van der Waals surface area contributed by atoms with Crippen molar-refractivity contribution >= 4 is 17.7 Å². The number of carbonyl (C=O) groups excluding carboxylic acids is 1. The second-order valence-corrected chi connectivity index (χ2v) is 6.37. The topological polar surface area (TPSA) is 72.7 Å². The first-order valence-electron chi connectivity index (χ1n) is 7.45. The number of nitrogens with one attached hydrogen (secondary N) is 1. The Morgan fingerprint density at radius 3 is 2.78 bits per heavy atom. The summed E-state index contributed by atoms with van der Waals surface area (Å²) in [6, 6.07) is 3.76. The Morgan fingerprint density at radius 1 is 1.39 bits per heavy atom. The molecule has 23 heavy (non-hydrogen) atoms. The first-order valence-corrected chi connectivity index (χ1v) is 8.44. The van der Waals surface area contributed by atoms with Crippen molar-refractivity contribution in [1.82, 2.24) is 25.1 Å². The molecule has 0 bridgehead atoms. The van der Waals surface area contributed by atoms with Gasteiger partial charge in [0.1, 0.15) is 0 Å². The van der Waals surface area contributed by atoms with E-state index in [0.29, 0.717) is 29.9 Å². The Kier molecular flexibility index (Phi) is 6.34. The smallest absolute Gasteiger partial charge is 0.230 e. The van der Waals surface area contributed by atoms with Crippen molar-refractivity contribution in [3.8, 4) is 11.4 Å². The van der Waals surface area contributed by atoms with Crippen molar-refractivity contribution in [2.24, 2.45) is 5.92 Å². The highest BCUT2D eigenvalue weighted by molar-refractivity contribution is 7.99. The van der Waals surface area contributed by atoms with Gasteiger partial charge in [-0.15, -0.1) is 16.8 Å². The molecule has 2 aromatic heterocycles. The zero-order valence-corrected chi connectivity index (χ0v) is 14.2. The molecule has 0 aliphatic rings. The molecule has 122 valence electrons. The average molecular weight is 331 g/mol. The minimum atomic E-state index is 0.00214. The summed E-state index contributed by atoms with van der Waals surface area (Å²) in [7, 11) is 0. The lowest BCUT2D eigenvalue weighted by Crippen LogP contribution is -2.28. The van der Waals surface area contributed by atoms with Gasteiger partial charge in [-0.05, 0) is 18.1 Å². The van der Waals surface area contributed by atoms with E-state index >= 15 is 0 Å². The van der Waals surface area contributed by atoms with E-state index in [9.17, 15) is 4.79 Å². The molecule has 2 rings (SSSR count). The lowest BCUT2D eigenvalue weighted by molar-refractivity contribution is -0.118. The van der Waals surface area contributed by atoms with Crippen LogP contribution in [0.5, 0.6) is 0 Å². The third-order valence-electron chi connectivity index (χ3n) is 3.01. The summed E-state index contributed by atoms with van der Waals surface area (Å²) in [4.78, 5) is 15.9. The second kappa shape index (κ2) is 8.47. The first-order chi connectivity index (χ1) is 11.1. The fourth-order valence-corrected chi connectivity index (χ4v) is 2.68. The third kappa shape index (κ3) is 4.92. The van der Waals surface area contributed by atoms with Crippen molar-refractivity contribution in [3.05, 3.63) is 37.2 Å². The van der Waals surface area contributed by atoms with E-state index in [1.165, 1.54) is 11.8 Å². The van der Waals surface area contributed by atoms with Gasteiger partial charge in [-0.2, -0.15) is 0 Å². The number of hydrogen-bond donors (Lipinski definition) is 1. The van der Waals surface area contributed by atoms with Gasteiger partial charge < -0.3 is 5.32 Å². The SMILES string of the molecule is C=CCn1c(SCC(=O)NCC(C)C)nnc1-c1ccncc1. The summed E-state index contributed by atoms with van der Waals surface area (Å²) in [6.45, 7) is 9.17. The molecule has 0 atom stereocenters. The Morgan fingerprint density at radius 2 is 2.13 bits per heavy atom.